The molecule has 0 saturated heterocycles. The predicted octanol–water partition coefficient (Wildman–Crippen LogP) is 0.673. The van der Waals surface area contributed by atoms with Gasteiger partial charge in [-0.2, -0.15) is 12.2 Å². The molecule has 0 heterocycles. The van der Waals surface area contributed by atoms with E-state index in [2.05, 4.69) is 22.2 Å². The van der Waals surface area contributed by atoms with Crippen LogP contribution in [0.15, 0.2) is 12.7 Å². The van der Waals surface area contributed by atoms with Crippen LogP contribution in [-0.4, -0.2) is 14.2 Å². The summed E-state index contributed by atoms with van der Waals surface area (Å²) in [7, 11) is -3.52. The molecule has 0 atom stereocenters. The lowest BCUT2D eigenvalue weighted by atomic mass is 10.8. The highest BCUT2D eigenvalue weighted by atomic mass is 35.5. The molecule has 0 rings (SSSR count). The third kappa shape index (κ3) is 3.01. The molecule has 0 N–H and O–H groups in total. The predicted molar refractivity (Wildman–Crippen MR) is 30.9 cm³/mol. The standard InChI is InChI=1S/C3H5ClO3S/c1-2-3-8(5,6)7-4/h2H,1,3H2. The van der Waals surface area contributed by atoms with Gasteiger partial charge in [-0.1, -0.05) is 6.08 Å². The molecular weight excluding hydrogens is 152 g/mol. The van der Waals surface area contributed by atoms with E-state index in [0.717, 1.165) is 0 Å². The van der Waals surface area contributed by atoms with Crippen LogP contribution in [0.4, 0.5) is 0 Å². The summed E-state index contributed by atoms with van der Waals surface area (Å²) in [6.07, 6.45) is 1.19. The van der Waals surface area contributed by atoms with Gasteiger partial charge in [0.05, 0.1) is 17.6 Å². The molecule has 0 spiro atoms. The average molecular weight is 157 g/mol. The maximum absolute atomic E-state index is 10.2. The Balaban J connectivity index is 3.94. The van der Waals surface area contributed by atoms with Crippen molar-refractivity contribution in [3.63, 3.8) is 0 Å². The second-order valence-electron chi connectivity index (χ2n) is 1.08. The maximum atomic E-state index is 10.2. The quantitative estimate of drug-likeness (QED) is 0.565. The van der Waals surface area contributed by atoms with Gasteiger partial charge in [-0.15, -0.1) is 6.58 Å². The van der Waals surface area contributed by atoms with E-state index in [1.54, 1.807) is 0 Å². The number of halogens is 1. The van der Waals surface area contributed by atoms with Crippen LogP contribution in [0.2, 0.25) is 0 Å². The van der Waals surface area contributed by atoms with Gasteiger partial charge in [0.2, 0.25) is 0 Å². The second-order valence-corrected chi connectivity index (χ2v) is 3.03. The van der Waals surface area contributed by atoms with E-state index in [4.69, 9.17) is 0 Å². The van der Waals surface area contributed by atoms with Crippen molar-refractivity contribution in [1.82, 2.24) is 0 Å². The fourth-order valence-corrected chi connectivity index (χ4v) is 0.664. The Kier molecular flexibility index (Phi) is 3.04. The summed E-state index contributed by atoms with van der Waals surface area (Å²) in [4.78, 5) is 0. The van der Waals surface area contributed by atoms with Gasteiger partial charge in [-0.25, -0.2) is 0 Å². The van der Waals surface area contributed by atoms with Crippen LogP contribution in [0.3, 0.4) is 0 Å². The molecule has 0 aliphatic rings. The zero-order chi connectivity index (χ0) is 6.62. The lowest BCUT2D eigenvalue weighted by Gasteiger charge is -1.88. The average Bonchev–Trinajstić information content (AvgIpc) is 1.67. The molecule has 0 aromatic rings. The molecule has 48 valence electrons. The lowest BCUT2D eigenvalue weighted by Crippen LogP contribution is -2.01. The Morgan fingerprint density at radius 2 is 2.25 bits per heavy atom. The van der Waals surface area contributed by atoms with Crippen molar-refractivity contribution in [2.24, 2.45) is 0 Å². The molecule has 0 amide bonds. The minimum Gasteiger partial charge on any atom is -0.198 e. The topological polar surface area (TPSA) is 43.4 Å². The summed E-state index contributed by atoms with van der Waals surface area (Å²) in [6.45, 7) is 3.18. The van der Waals surface area contributed by atoms with Crippen LogP contribution in [0, 0.1) is 0 Å². The minimum absolute atomic E-state index is 0.253. The molecule has 0 radical (unpaired) electrons. The first-order chi connectivity index (χ1) is 3.62. The summed E-state index contributed by atoms with van der Waals surface area (Å²) < 4.78 is 23.9. The molecule has 0 aliphatic carbocycles. The summed E-state index contributed by atoms with van der Waals surface area (Å²) in [5, 5.41) is 0. The van der Waals surface area contributed by atoms with E-state index in [1.807, 2.05) is 0 Å². The van der Waals surface area contributed by atoms with E-state index in [1.165, 1.54) is 6.08 Å². The molecule has 8 heavy (non-hydrogen) atoms. The summed E-state index contributed by atoms with van der Waals surface area (Å²) >= 11 is 4.54. The zero-order valence-electron chi connectivity index (χ0n) is 4.00. The number of hydrogen-bond donors (Lipinski definition) is 0. The van der Waals surface area contributed by atoms with Crippen LogP contribution in [0.1, 0.15) is 0 Å². The van der Waals surface area contributed by atoms with Crippen LogP contribution in [0.25, 0.3) is 0 Å². The Morgan fingerprint density at radius 1 is 1.75 bits per heavy atom. The highest BCUT2D eigenvalue weighted by Gasteiger charge is 2.04. The molecular formula is C3H5ClO3S. The second kappa shape index (κ2) is 3.06. The molecule has 0 bridgehead atoms. The first kappa shape index (κ1) is 7.94. The van der Waals surface area contributed by atoms with E-state index >= 15 is 0 Å². The number of hydrogen-bond acceptors (Lipinski definition) is 3. The third-order valence-electron chi connectivity index (χ3n) is 0.418. The highest BCUT2D eigenvalue weighted by Crippen LogP contribution is 1.94. The number of rotatable bonds is 3. The molecule has 0 aromatic carbocycles. The van der Waals surface area contributed by atoms with Crippen molar-refractivity contribution in [3.8, 4) is 0 Å². The maximum Gasteiger partial charge on any atom is 0.286 e. The van der Waals surface area contributed by atoms with Crippen LogP contribution >= 0.6 is 11.9 Å². The first-order valence-electron chi connectivity index (χ1n) is 1.76. The molecule has 3 nitrogen and oxygen atoms in total. The molecule has 0 fully saturated rings. The molecule has 0 unspecified atom stereocenters. The largest absolute Gasteiger partial charge is 0.286 e. The first-order valence-corrected chi connectivity index (χ1v) is 3.65. The molecule has 5 heteroatoms. The Labute approximate surface area is 53.2 Å². The summed E-state index contributed by atoms with van der Waals surface area (Å²) in [5.74, 6) is -0.253. The van der Waals surface area contributed by atoms with Gasteiger partial charge in [0.15, 0.2) is 0 Å². The molecule has 0 aliphatic heterocycles. The fourth-order valence-electron chi connectivity index (χ4n) is 0.170. The van der Waals surface area contributed by atoms with Gasteiger partial charge in [0.1, 0.15) is 0 Å². The SMILES string of the molecule is C=CCS(=O)(=O)OCl. The Hall–Kier alpha value is -0.0600. The lowest BCUT2D eigenvalue weighted by molar-refractivity contribution is 0.512. The van der Waals surface area contributed by atoms with Crippen molar-refractivity contribution >= 4 is 22.0 Å². The van der Waals surface area contributed by atoms with Gasteiger partial charge < -0.3 is 0 Å². The Morgan fingerprint density at radius 3 is 2.38 bits per heavy atom. The van der Waals surface area contributed by atoms with Crippen molar-refractivity contribution < 1.29 is 12.2 Å². The van der Waals surface area contributed by atoms with Crippen molar-refractivity contribution in [2.45, 2.75) is 0 Å². The van der Waals surface area contributed by atoms with Gasteiger partial charge in [-0.05, 0) is 0 Å². The Bertz CT molecular complexity index is 159. The van der Waals surface area contributed by atoms with Crippen LogP contribution in [-0.2, 0) is 13.9 Å². The molecule has 0 aromatic heterocycles. The summed E-state index contributed by atoms with van der Waals surface area (Å²) in [6, 6.07) is 0. The zero-order valence-corrected chi connectivity index (χ0v) is 5.57. The minimum atomic E-state index is -3.52. The van der Waals surface area contributed by atoms with Crippen molar-refractivity contribution in [1.29, 1.82) is 0 Å². The van der Waals surface area contributed by atoms with E-state index in [-0.39, 0.29) is 5.75 Å². The normalized spacial score (nSPS) is 11.1. The van der Waals surface area contributed by atoms with Crippen LogP contribution in [0.5, 0.6) is 0 Å². The summed E-state index contributed by atoms with van der Waals surface area (Å²) in [5.41, 5.74) is 0. The third-order valence-corrected chi connectivity index (χ3v) is 1.83. The van der Waals surface area contributed by atoms with E-state index < -0.39 is 10.1 Å². The van der Waals surface area contributed by atoms with E-state index in [9.17, 15) is 8.42 Å². The van der Waals surface area contributed by atoms with Gasteiger partial charge in [-0.3, -0.25) is 0 Å². The van der Waals surface area contributed by atoms with Gasteiger partial charge in [0, 0.05) is 0 Å². The van der Waals surface area contributed by atoms with Gasteiger partial charge >= 0.3 is 0 Å². The molecule has 0 saturated carbocycles. The van der Waals surface area contributed by atoms with E-state index in [0.29, 0.717) is 0 Å². The van der Waals surface area contributed by atoms with Crippen molar-refractivity contribution in [3.05, 3.63) is 12.7 Å². The van der Waals surface area contributed by atoms with Crippen molar-refractivity contribution in [2.75, 3.05) is 5.75 Å². The highest BCUT2D eigenvalue weighted by molar-refractivity contribution is 7.87. The van der Waals surface area contributed by atoms with Crippen LogP contribution < -0.4 is 0 Å². The smallest absolute Gasteiger partial charge is 0.198 e. The fraction of sp³-hybridized carbons (Fsp3) is 0.333. The van der Waals surface area contributed by atoms with Gasteiger partial charge in [0.25, 0.3) is 10.1 Å². The monoisotopic (exact) mass is 156 g/mol.